The van der Waals surface area contributed by atoms with Crippen molar-refractivity contribution in [3.8, 4) is 0 Å². The molecule has 1 heterocycles. The average molecular weight is 300 g/mol. The summed E-state index contributed by atoms with van der Waals surface area (Å²) in [6.07, 6.45) is 22.3. The van der Waals surface area contributed by atoms with Crippen molar-refractivity contribution in [1.82, 2.24) is 0 Å². The largest absolute Gasteiger partial charge is 1.00 e. The molecular formula is C18H34ClN. The van der Waals surface area contributed by atoms with E-state index in [9.17, 15) is 0 Å². The Balaban J connectivity index is 0.00000361. The van der Waals surface area contributed by atoms with Crippen LogP contribution in [0, 0.1) is 0 Å². The molecule has 1 N–H and O–H groups in total. The molecule has 0 aliphatic carbocycles. The lowest BCUT2D eigenvalue weighted by Gasteiger charge is -2.13. The molecule has 0 aromatic heterocycles. The Morgan fingerprint density at radius 3 is 2.00 bits per heavy atom. The van der Waals surface area contributed by atoms with Crippen LogP contribution in [0.25, 0.3) is 0 Å². The normalized spacial score (nSPS) is 17.1. The summed E-state index contributed by atoms with van der Waals surface area (Å²) < 4.78 is 0. The van der Waals surface area contributed by atoms with Gasteiger partial charge in [0.25, 0.3) is 0 Å². The van der Waals surface area contributed by atoms with Crippen molar-refractivity contribution in [2.45, 2.75) is 84.5 Å². The molecule has 0 spiro atoms. The Labute approximate surface area is 132 Å². The van der Waals surface area contributed by atoms with Crippen LogP contribution in [0.2, 0.25) is 0 Å². The summed E-state index contributed by atoms with van der Waals surface area (Å²) in [5, 5.41) is 0. The summed E-state index contributed by atoms with van der Waals surface area (Å²) >= 11 is 0. The zero-order chi connectivity index (χ0) is 13.8. The van der Waals surface area contributed by atoms with Gasteiger partial charge in [0.15, 0.2) is 0 Å². The number of hydrogen-bond donors (Lipinski definition) is 1. The van der Waals surface area contributed by atoms with E-state index in [4.69, 9.17) is 0 Å². The third-order valence-electron chi connectivity index (χ3n) is 4.08. The van der Waals surface area contributed by atoms with E-state index in [2.05, 4.69) is 32.2 Å². The molecule has 0 aromatic rings. The number of allylic oxidation sites excluding steroid dienone is 3. The van der Waals surface area contributed by atoms with E-state index in [1.807, 2.05) is 0 Å². The first-order valence-corrected chi connectivity index (χ1v) is 8.62. The van der Waals surface area contributed by atoms with Gasteiger partial charge in [-0.3, -0.25) is 4.90 Å². The van der Waals surface area contributed by atoms with E-state index in [0.29, 0.717) is 0 Å². The lowest BCUT2D eigenvalue weighted by Crippen LogP contribution is -3.04. The molecule has 0 bridgehead atoms. The molecule has 1 aliphatic rings. The predicted molar refractivity (Wildman–Crippen MR) is 85.2 cm³/mol. The van der Waals surface area contributed by atoms with Gasteiger partial charge in [-0.05, 0) is 25.3 Å². The van der Waals surface area contributed by atoms with Crippen LogP contribution in [0.1, 0.15) is 84.5 Å². The van der Waals surface area contributed by atoms with Gasteiger partial charge in [-0.1, -0.05) is 58.8 Å². The summed E-state index contributed by atoms with van der Waals surface area (Å²) in [6, 6.07) is 0. The molecule has 1 nitrogen and oxygen atoms in total. The summed E-state index contributed by atoms with van der Waals surface area (Å²) in [4.78, 5) is 1.62. The van der Waals surface area contributed by atoms with Crippen LogP contribution >= 0.6 is 0 Å². The van der Waals surface area contributed by atoms with Crippen LogP contribution in [-0.4, -0.2) is 6.54 Å². The maximum absolute atomic E-state index is 2.33. The lowest BCUT2D eigenvalue weighted by atomic mass is 10.1. The quantitative estimate of drug-likeness (QED) is 0.522. The third-order valence-corrected chi connectivity index (χ3v) is 4.08. The Hall–Kier alpha value is -0.270. The highest BCUT2D eigenvalue weighted by Gasteiger charge is 2.14. The molecule has 1 atom stereocenters. The van der Waals surface area contributed by atoms with Gasteiger partial charge in [0.05, 0.1) is 12.7 Å². The number of nitrogens with one attached hydrogen (secondary N) is 1. The van der Waals surface area contributed by atoms with Crippen molar-refractivity contribution >= 4 is 0 Å². The number of hydrogen-bond acceptors (Lipinski definition) is 0. The maximum Gasteiger partial charge on any atom is 0.112 e. The van der Waals surface area contributed by atoms with E-state index >= 15 is 0 Å². The molecule has 0 fully saturated rings. The maximum atomic E-state index is 2.33. The van der Waals surface area contributed by atoms with Crippen molar-refractivity contribution < 1.29 is 17.3 Å². The van der Waals surface area contributed by atoms with E-state index in [0.717, 1.165) is 0 Å². The average Bonchev–Trinajstić information content (AvgIpc) is 2.85. The van der Waals surface area contributed by atoms with Crippen LogP contribution in [-0.2, 0) is 0 Å². The van der Waals surface area contributed by atoms with E-state index in [1.165, 1.54) is 77.2 Å². The SMILES string of the molecule is CCCCCCCCCCC[NH+]1C=CC=C1CCC.[Cl-]. The van der Waals surface area contributed by atoms with Crippen LogP contribution in [0.3, 0.4) is 0 Å². The van der Waals surface area contributed by atoms with Gasteiger partial charge in [0.1, 0.15) is 5.70 Å². The standard InChI is InChI=1S/C18H33N.ClH/c1-3-5-6-7-8-9-10-11-12-16-19-17-13-15-18(19)14-4-2;/h13,15,17H,3-12,14,16H2,1-2H3;1H. The number of halogens is 1. The summed E-state index contributed by atoms with van der Waals surface area (Å²) in [6.45, 7) is 5.86. The summed E-state index contributed by atoms with van der Waals surface area (Å²) in [7, 11) is 0. The first kappa shape index (κ1) is 19.7. The molecule has 1 unspecified atom stereocenters. The number of rotatable bonds is 12. The highest BCUT2D eigenvalue weighted by molar-refractivity contribution is 5.10. The zero-order valence-electron chi connectivity index (χ0n) is 13.6. The topological polar surface area (TPSA) is 4.44 Å². The third kappa shape index (κ3) is 8.81. The zero-order valence-corrected chi connectivity index (χ0v) is 14.4. The first-order valence-electron chi connectivity index (χ1n) is 8.62. The molecule has 2 heteroatoms. The van der Waals surface area contributed by atoms with Crippen LogP contribution in [0.5, 0.6) is 0 Å². The monoisotopic (exact) mass is 299 g/mol. The minimum Gasteiger partial charge on any atom is -1.00 e. The van der Waals surface area contributed by atoms with Gasteiger partial charge in [-0.2, -0.15) is 0 Å². The number of unbranched alkanes of at least 4 members (excludes halogenated alkanes) is 8. The fourth-order valence-electron chi connectivity index (χ4n) is 2.88. The molecule has 0 saturated carbocycles. The Kier molecular flexibility index (Phi) is 13.5. The van der Waals surface area contributed by atoms with E-state index in [1.54, 1.807) is 10.6 Å². The molecular weight excluding hydrogens is 266 g/mol. The van der Waals surface area contributed by atoms with Gasteiger partial charge in [-0.25, -0.2) is 0 Å². The van der Waals surface area contributed by atoms with Gasteiger partial charge in [-0.15, -0.1) is 0 Å². The van der Waals surface area contributed by atoms with Crippen LogP contribution < -0.4 is 17.3 Å². The second kappa shape index (κ2) is 13.7. The van der Waals surface area contributed by atoms with Gasteiger partial charge in [0, 0.05) is 12.5 Å². The second-order valence-corrected chi connectivity index (χ2v) is 5.90. The van der Waals surface area contributed by atoms with Gasteiger partial charge >= 0.3 is 0 Å². The minimum atomic E-state index is 0. The smallest absolute Gasteiger partial charge is 0.112 e. The molecule has 1 aliphatic heterocycles. The molecule has 20 heavy (non-hydrogen) atoms. The van der Waals surface area contributed by atoms with Crippen molar-refractivity contribution in [3.05, 3.63) is 24.0 Å². The summed E-state index contributed by atoms with van der Waals surface area (Å²) in [5.41, 5.74) is 1.60. The molecule has 0 saturated heterocycles. The first-order chi connectivity index (χ1) is 9.38. The molecule has 1 rings (SSSR count). The Bertz CT molecular complexity index is 271. The van der Waals surface area contributed by atoms with Crippen molar-refractivity contribution in [2.24, 2.45) is 0 Å². The molecule has 0 aromatic carbocycles. The van der Waals surface area contributed by atoms with Crippen molar-refractivity contribution in [2.75, 3.05) is 6.54 Å². The fraction of sp³-hybridized carbons (Fsp3) is 0.778. The van der Waals surface area contributed by atoms with E-state index < -0.39 is 0 Å². The van der Waals surface area contributed by atoms with E-state index in [-0.39, 0.29) is 12.4 Å². The molecule has 0 radical (unpaired) electrons. The predicted octanol–water partition coefficient (Wildman–Crippen LogP) is 1.62. The van der Waals surface area contributed by atoms with Gasteiger partial charge < -0.3 is 12.4 Å². The Morgan fingerprint density at radius 1 is 0.800 bits per heavy atom. The Morgan fingerprint density at radius 2 is 1.40 bits per heavy atom. The number of quaternary nitrogens is 1. The van der Waals surface area contributed by atoms with Crippen LogP contribution in [0.15, 0.2) is 24.0 Å². The fourth-order valence-corrected chi connectivity index (χ4v) is 2.88. The lowest BCUT2D eigenvalue weighted by molar-refractivity contribution is -0.804. The summed E-state index contributed by atoms with van der Waals surface area (Å²) in [5.74, 6) is 0. The minimum absolute atomic E-state index is 0. The van der Waals surface area contributed by atoms with Crippen molar-refractivity contribution in [1.29, 1.82) is 0 Å². The van der Waals surface area contributed by atoms with Gasteiger partial charge in [0.2, 0.25) is 0 Å². The molecule has 118 valence electrons. The van der Waals surface area contributed by atoms with Crippen LogP contribution in [0.4, 0.5) is 0 Å². The molecule has 0 amide bonds. The second-order valence-electron chi connectivity index (χ2n) is 5.90. The highest BCUT2D eigenvalue weighted by Crippen LogP contribution is 2.09. The van der Waals surface area contributed by atoms with Crippen molar-refractivity contribution in [3.63, 3.8) is 0 Å². The highest BCUT2D eigenvalue weighted by atomic mass is 35.5.